The Morgan fingerprint density at radius 3 is 2.85 bits per heavy atom. The number of carboxylic acid groups (broad SMARTS) is 1. The van der Waals surface area contributed by atoms with E-state index in [0.29, 0.717) is 34.6 Å². The average Bonchev–Trinajstić information content (AvgIpc) is 2.87. The molecule has 1 aliphatic heterocycles. The highest BCUT2D eigenvalue weighted by molar-refractivity contribution is 9.10. The molecule has 1 aliphatic rings. The van der Waals surface area contributed by atoms with Gasteiger partial charge in [0.05, 0.1) is 5.02 Å². The second-order valence-electron chi connectivity index (χ2n) is 4.97. The predicted octanol–water partition coefficient (Wildman–Crippen LogP) is 3.43. The highest BCUT2D eigenvalue weighted by Gasteiger charge is 2.27. The molecule has 108 valence electrons. The van der Waals surface area contributed by atoms with Crippen LogP contribution in [-0.4, -0.2) is 35.0 Å². The minimum atomic E-state index is -0.781. The molecule has 1 atom stereocenters. The Morgan fingerprint density at radius 2 is 2.20 bits per heavy atom. The molecule has 2 rings (SSSR count). The number of benzene rings is 1. The molecule has 1 aromatic carbocycles. The minimum Gasteiger partial charge on any atom is -0.481 e. The molecule has 1 aromatic rings. The Morgan fingerprint density at radius 1 is 1.45 bits per heavy atom. The number of carbonyl (C=O) groups excluding carboxylic acids is 1. The smallest absolute Gasteiger partial charge is 0.303 e. The normalized spacial score (nSPS) is 18.3. The van der Waals surface area contributed by atoms with E-state index in [9.17, 15) is 9.59 Å². The molecule has 4 nitrogen and oxygen atoms in total. The lowest BCUT2D eigenvalue weighted by atomic mass is 10.0. The molecule has 1 N–H and O–H groups in total. The third-order valence-corrected chi connectivity index (χ3v) is 4.72. The van der Waals surface area contributed by atoms with Crippen molar-refractivity contribution >= 4 is 39.4 Å². The lowest BCUT2D eigenvalue weighted by Crippen LogP contribution is -2.28. The van der Waals surface area contributed by atoms with E-state index >= 15 is 0 Å². The van der Waals surface area contributed by atoms with Crippen LogP contribution in [-0.2, 0) is 4.79 Å². The van der Waals surface area contributed by atoms with Gasteiger partial charge in [0.1, 0.15) is 0 Å². The van der Waals surface area contributed by atoms with Crippen LogP contribution in [0, 0.1) is 5.92 Å². The largest absolute Gasteiger partial charge is 0.481 e. The van der Waals surface area contributed by atoms with Gasteiger partial charge < -0.3 is 10.0 Å². The van der Waals surface area contributed by atoms with E-state index in [2.05, 4.69) is 15.9 Å². The molecule has 1 amide bonds. The minimum absolute atomic E-state index is 0.0276. The molecule has 6 heteroatoms. The third kappa shape index (κ3) is 3.73. The van der Waals surface area contributed by atoms with Gasteiger partial charge in [0.25, 0.3) is 5.91 Å². The van der Waals surface area contributed by atoms with Crippen molar-refractivity contribution in [3.05, 3.63) is 33.3 Å². The first-order chi connectivity index (χ1) is 9.47. The topological polar surface area (TPSA) is 57.6 Å². The molecule has 1 fully saturated rings. The highest BCUT2D eigenvalue weighted by atomic mass is 79.9. The van der Waals surface area contributed by atoms with Crippen molar-refractivity contribution in [2.24, 2.45) is 5.92 Å². The Bertz CT molecular complexity index is 535. The Hall–Kier alpha value is -1.07. The summed E-state index contributed by atoms with van der Waals surface area (Å²) >= 11 is 9.22. The van der Waals surface area contributed by atoms with Gasteiger partial charge in [-0.3, -0.25) is 9.59 Å². The summed E-state index contributed by atoms with van der Waals surface area (Å²) in [6.07, 6.45) is 1.66. The maximum Gasteiger partial charge on any atom is 0.303 e. The van der Waals surface area contributed by atoms with Crippen molar-refractivity contribution < 1.29 is 14.7 Å². The van der Waals surface area contributed by atoms with Gasteiger partial charge in [-0.05, 0) is 52.9 Å². The Kier molecular flexibility index (Phi) is 5.05. The van der Waals surface area contributed by atoms with E-state index in [0.717, 1.165) is 6.42 Å². The summed E-state index contributed by atoms with van der Waals surface area (Å²) in [5, 5.41) is 9.26. The molecule has 1 unspecified atom stereocenters. The van der Waals surface area contributed by atoms with Crippen LogP contribution >= 0.6 is 27.5 Å². The van der Waals surface area contributed by atoms with Crippen LogP contribution in [0.4, 0.5) is 0 Å². The number of carboxylic acids is 1. The Balaban J connectivity index is 1.97. The average molecular weight is 361 g/mol. The van der Waals surface area contributed by atoms with Gasteiger partial charge in [-0.25, -0.2) is 0 Å². The monoisotopic (exact) mass is 359 g/mol. The summed E-state index contributed by atoms with van der Waals surface area (Å²) in [6.45, 7) is 1.32. The number of likely N-dealkylation sites (tertiary alicyclic amines) is 1. The summed E-state index contributed by atoms with van der Waals surface area (Å²) in [4.78, 5) is 24.7. The van der Waals surface area contributed by atoms with Crippen LogP contribution < -0.4 is 0 Å². The van der Waals surface area contributed by atoms with Crippen molar-refractivity contribution in [1.29, 1.82) is 0 Å². The van der Waals surface area contributed by atoms with E-state index in [1.165, 1.54) is 0 Å². The first kappa shape index (κ1) is 15.3. The quantitative estimate of drug-likeness (QED) is 0.895. The standard InChI is InChI=1S/C14H15BrClNO3/c15-11-7-10(2-3-12(11)16)14(20)17-6-5-9(8-17)1-4-13(18)19/h2-3,7,9H,1,4-6,8H2,(H,18,19). The van der Waals surface area contributed by atoms with Gasteiger partial charge in [0.2, 0.25) is 0 Å². The van der Waals surface area contributed by atoms with Crippen LogP contribution in [0.5, 0.6) is 0 Å². The fraction of sp³-hybridized carbons (Fsp3) is 0.429. The van der Waals surface area contributed by atoms with Crippen LogP contribution in [0.15, 0.2) is 22.7 Å². The van der Waals surface area contributed by atoms with E-state index in [1.807, 2.05) is 0 Å². The maximum atomic E-state index is 12.3. The highest BCUT2D eigenvalue weighted by Crippen LogP contribution is 2.26. The number of aliphatic carboxylic acids is 1. The van der Waals surface area contributed by atoms with Gasteiger partial charge in [0, 0.05) is 29.5 Å². The van der Waals surface area contributed by atoms with E-state index in [4.69, 9.17) is 16.7 Å². The van der Waals surface area contributed by atoms with Gasteiger partial charge in [-0.2, -0.15) is 0 Å². The number of halogens is 2. The number of amides is 1. The summed E-state index contributed by atoms with van der Waals surface area (Å²) in [5.41, 5.74) is 0.597. The third-order valence-electron chi connectivity index (χ3n) is 3.51. The van der Waals surface area contributed by atoms with Crippen LogP contribution in [0.1, 0.15) is 29.6 Å². The van der Waals surface area contributed by atoms with E-state index < -0.39 is 5.97 Å². The second-order valence-corrected chi connectivity index (χ2v) is 6.23. The zero-order chi connectivity index (χ0) is 14.7. The number of hydrogen-bond acceptors (Lipinski definition) is 2. The molecule has 20 heavy (non-hydrogen) atoms. The van der Waals surface area contributed by atoms with Crippen molar-refractivity contribution in [1.82, 2.24) is 4.90 Å². The zero-order valence-electron chi connectivity index (χ0n) is 10.8. The molecule has 1 saturated heterocycles. The molecule has 0 spiro atoms. The predicted molar refractivity (Wildman–Crippen MR) is 80.0 cm³/mol. The molecule has 0 radical (unpaired) electrons. The molecule has 1 heterocycles. The summed E-state index contributed by atoms with van der Waals surface area (Å²) in [5.74, 6) is -0.526. The summed E-state index contributed by atoms with van der Waals surface area (Å²) in [6, 6.07) is 5.12. The molecule has 0 bridgehead atoms. The number of nitrogens with zero attached hydrogens (tertiary/aromatic N) is 1. The number of rotatable bonds is 4. The Labute approximate surface area is 130 Å². The zero-order valence-corrected chi connectivity index (χ0v) is 13.2. The van der Waals surface area contributed by atoms with Crippen molar-refractivity contribution in [2.75, 3.05) is 13.1 Å². The maximum absolute atomic E-state index is 12.3. The fourth-order valence-electron chi connectivity index (χ4n) is 2.39. The molecule has 0 saturated carbocycles. The van der Waals surface area contributed by atoms with Crippen LogP contribution in [0.3, 0.4) is 0 Å². The van der Waals surface area contributed by atoms with E-state index in [1.54, 1.807) is 23.1 Å². The summed E-state index contributed by atoms with van der Waals surface area (Å²) in [7, 11) is 0. The van der Waals surface area contributed by atoms with Crippen molar-refractivity contribution in [2.45, 2.75) is 19.3 Å². The van der Waals surface area contributed by atoms with Crippen LogP contribution in [0.2, 0.25) is 5.02 Å². The summed E-state index contributed by atoms with van der Waals surface area (Å²) < 4.78 is 0.701. The van der Waals surface area contributed by atoms with Crippen molar-refractivity contribution in [3.63, 3.8) is 0 Å². The van der Waals surface area contributed by atoms with Gasteiger partial charge in [0.15, 0.2) is 0 Å². The lowest BCUT2D eigenvalue weighted by molar-refractivity contribution is -0.137. The number of hydrogen-bond donors (Lipinski definition) is 1. The van der Waals surface area contributed by atoms with Gasteiger partial charge in [-0.15, -0.1) is 0 Å². The van der Waals surface area contributed by atoms with Crippen molar-refractivity contribution in [3.8, 4) is 0 Å². The van der Waals surface area contributed by atoms with Crippen LogP contribution in [0.25, 0.3) is 0 Å². The SMILES string of the molecule is O=C(O)CCC1CCN(C(=O)c2ccc(Cl)c(Br)c2)C1. The number of carbonyl (C=O) groups is 2. The first-order valence-corrected chi connectivity index (χ1v) is 7.60. The lowest BCUT2D eigenvalue weighted by Gasteiger charge is -2.16. The molecule has 0 aromatic heterocycles. The second kappa shape index (κ2) is 6.59. The fourth-order valence-corrected chi connectivity index (χ4v) is 2.89. The molecular formula is C14H15BrClNO3. The molecular weight excluding hydrogens is 346 g/mol. The van der Waals surface area contributed by atoms with Gasteiger partial charge in [-0.1, -0.05) is 11.6 Å². The van der Waals surface area contributed by atoms with Gasteiger partial charge >= 0.3 is 5.97 Å². The van der Waals surface area contributed by atoms with E-state index in [-0.39, 0.29) is 18.2 Å². The molecule has 0 aliphatic carbocycles. The first-order valence-electron chi connectivity index (χ1n) is 6.43.